The second kappa shape index (κ2) is 8.21. The number of rotatable bonds is 6. The van der Waals surface area contributed by atoms with Crippen molar-refractivity contribution in [3.05, 3.63) is 52.5 Å². The van der Waals surface area contributed by atoms with Crippen molar-refractivity contribution in [1.82, 2.24) is 14.8 Å². The van der Waals surface area contributed by atoms with Crippen LogP contribution in [0.2, 0.25) is 10.0 Å². The van der Waals surface area contributed by atoms with Gasteiger partial charge in [-0.25, -0.2) is 0 Å². The number of carbonyl (C=O) groups is 1. The number of hydrogen-bond donors (Lipinski definition) is 1. The van der Waals surface area contributed by atoms with Gasteiger partial charge in [0, 0.05) is 15.6 Å². The lowest BCUT2D eigenvalue weighted by Crippen LogP contribution is -2.23. The van der Waals surface area contributed by atoms with Crippen molar-refractivity contribution in [3.63, 3.8) is 0 Å². The molecule has 0 fully saturated rings. The van der Waals surface area contributed by atoms with Crippen molar-refractivity contribution in [3.8, 4) is 22.8 Å². The van der Waals surface area contributed by atoms with Gasteiger partial charge in [-0.05, 0) is 37.3 Å². The SMILES string of the molecule is COc1ccc(Cl)cc1-n1c(S[C@H](C)C(N)=O)nnc1-c1cccc(Cl)c1. The van der Waals surface area contributed by atoms with Gasteiger partial charge in [0.2, 0.25) is 5.91 Å². The lowest BCUT2D eigenvalue weighted by Gasteiger charge is -2.15. The summed E-state index contributed by atoms with van der Waals surface area (Å²) in [6.07, 6.45) is 0. The molecular weight excluding hydrogens is 407 g/mol. The molecule has 6 nitrogen and oxygen atoms in total. The molecule has 140 valence electrons. The summed E-state index contributed by atoms with van der Waals surface area (Å²) in [7, 11) is 1.56. The quantitative estimate of drug-likeness (QED) is 0.601. The summed E-state index contributed by atoms with van der Waals surface area (Å²) in [4.78, 5) is 11.5. The fraction of sp³-hybridized carbons (Fsp3) is 0.167. The molecule has 9 heteroatoms. The van der Waals surface area contributed by atoms with E-state index in [0.717, 1.165) is 5.56 Å². The van der Waals surface area contributed by atoms with Crippen LogP contribution in [-0.2, 0) is 4.79 Å². The Bertz CT molecular complexity index is 993. The summed E-state index contributed by atoms with van der Waals surface area (Å²) in [6.45, 7) is 1.71. The zero-order chi connectivity index (χ0) is 19.6. The van der Waals surface area contributed by atoms with Crippen LogP contribution < -0.4 is 10.5 Å². The number of ether oxygens (including phenoxy) is 1. The maximum absolute atomic E-state index is 11.5. The van der Waals surface area contributed by atoms with E-state index in [2.05, 4.69) is 10.2 Å². The highest BCUT2D eigenvalue weighted by Crippen LogP contribution is 2.35. The predicted octanol–water partition coefficient (Wildman–Crippen LogP) is 4.22. The van der Waals surface area contributed by atoms with E-state index in [0.29, 0.717) is 32.5 Å². The highest BCUT2D eigenvalue weighted by molar-refractivity contribution is 8.00. The van der Waals surface area contributed by atoms with Crippen molar-refractivity contribution >= 4 is 40.9 Å². The third-order valence-corrected chi connectivity index (χ3v) is 5.31. The number of methoxy groups -OCH3 is 1. The van der Waals surface area contributed by atoms with E-state index in [1.165, 1.54) is 11.8 Å². The molecule has 2 aromatic carbocycles. The van der Waals surface area contributed by atoms with Crippen LogP contribution in [-0.4, -0.2) is 33.0 Å². The molecule has 0 unspecified atom stereocenters. The van der Waals surface area contributed by atoms with E-state index in [1.807, 2.05) is 12.1 Å². The smallest absolute Gasteiger partial charge is 0.230 e. The fourth-order valence-electron chi connectivity index (χ4n) is 2.43. The lowest BCUT2D eigenvalue weighted by molar-refractivity contribution is -0.117. The van der Waals surface area contributed by atoms with Crippen LogP contribution in [0.15, 0.2) is 47.6 Å². The third kappa shape index (κ3) is 4.21. The number of carbonyl (C=O) groups excluding carboxylic acids is 1. The van der Waals surface area contributed by atoms with Gasteiger partial charge < -0.3 is 10.5 Å². The van der Waals surface area contributed by atoms with Gasteiger partial charge in [-0.3, -0.25) is 9.36 Å². The van der Waals surface area contributed by atoms with Gasteiger partial charge in [0.05, 0.1) is 18.0 Å². The van der Waals surface area contributed by atoms with Gasteiger partial charge in [0.15, 0.2) is 11.0 Å². The number of thioether (sulfide) groups is 1. The van der Waals surface area contributed by atoms with Crippen LogP contribution >= 0.6 is 35.0 Å². The van der Waals surface area contributed by atoms with E-state index >= 15 is 0 Å². The first-order valence-electron chi connectivity index (χ1n) is 7.92. The Morgan fingerprint density at radius 3 is 2.59 bits per heavy atom. The molecule has 0 radical (unpaired) electrons. The highest BCUT2D eigenvalue weighted by atomic mass is 35.5. The average Bonchev–Trinajstić information content (AvgIpc) is 3.05. The van der Waals surface area contributed by atoms with E-state index in [1.54, 1.807) is 48.9 Å². The van der Waals surface area contributed by atoms with E-state index in [-0.39, 0.29) is 0 Å². The van der Waals surface area contributed by atoms with Gasteiger partial charge in [-0.15, -0.1) is 10.2 Å². The standard InChI is InChI=1S/C18H16Cl2N4O2S/c1-10(16(21)25)27-18-23-22-17(11-4-3-5-12(19)8-11)24(18)14-9-13(20)6-7-15(14)26-2/h3-10H,1-2H3,(H2,21,25)/t10-/m1/s1. The normalized spacial score (nSPS) is 12.0. The number of primary amides is 1. The molecule has 3 rings (SSSR count). The molecule has 27 heavy (non-hydrogen) atoms. The van der Waals surface area contributed by atoms with Crippen LogP contribution in [0.4, 0.5) is 0 Å². The maximum Gasteiger partial charge on any atom is 0.230 e. The molecule has 0 saturated heterocycles. The molecular formula is C18H16Cl2N4O2S. The third-order valence-electron chi connectivity index (χ3n) is 3.78. The van der Waals surface area contributed by atoms with Crippen LogP contribution in [0, 0.1) is 0 Å². The molecule has 2 N–H and O–H groups in total. The Kier molecular flexibility index (Phi) is 5.94. The zero-order valence-electron chi connectivity index (χ0n) is 14.5. The van der Waals surface area contributed by atoms with Crippen molar-refractivity contribution < 1.29 is 9.53 Å². The predicted molar refractivity (Wildman–Crippen MR) is 108 cm³/mol. The summed E-state index contributed by atoms with van der Waals surface area (Å²) in [5.41, 5.74) is 6.81. The minimum absolute atomic E-state index is 0.447. The molecule has 3 aromatic rings. The number of benzene rings is 2. The van der Waals surface area contributed by atoms with Crippen LogP contribution in [0.5, 0.6) is 5.75 Å². The molecule has 0 saturated carbocycles. The van der Waals surface area contributed by atoms with Crippen LogP contribution in [0.1, 0.15) is 6.92 Å². The number of hydrogen-bond acceptors (Lipinski definition) is 5. The number of halogens is 2. The molecule has 1 amide bonds. The Balaban J connectivity index is 2.23. The molecule has 0 aliphatic rings. The molecule has 1 heterocycles. The van der Waals surface area contributed by atoms with Gasteiger partial charge in [0.25, 0.3) is 0 Å². The molecule has 0 spiro atoms. The van der Waals surface area contributed by atoms with Crippen molar-refractivity contribution in [2.75, 3.05) is 7.11 Å². The lowest BCUT2D eigenvalue weighted by atomic mass is 10.2. The van der Waals surface area contributed by atoms with Gasteiger partial charge >= 0.3 is 0 Å². The monoisotopic (exact) mass is 422 g/mol. The van der Waals surface area contributed by atoms with E-state index in [9.17, 15) is 4.79 Å². The summed E-state index contributed by atoms with van der Waals surface area (Å²) < 4.78 is 7.26. The average molecular weight is 423 g/mol. The van der Waals surface area contributed by atoms with E-state index < -0.39 is 11.2 Å². The molecule has 1 aromatic heterocycles. The Morgan fingerprint density at radius 2 is 1.93 bits per heavy atom. The summed E-state index contributed by atoms with van der Waals surface area (Å²) in [5, 5.41) is 9.64. The Labute approximate surface area is 170 Å². The fourth-order valence-corrected chi connectivity index (χ4v) is 3.60. The van der Waals surface area contributed by atoms with Gasteiger partial charge in [0.1, 0.15) is 5.75 Å². The molecule has 0 aliphatic heterocycles. The minimum Gasteiger partial charge on any atom is -0.495 e. The largest absolute Gasteiger partial charge is 0.495 e. The Morgan fingerprint density at radius 1 is 1.19 bits per heavy atom. The van der Waals surface area contributed by atoms with Crippen LogP contribution in [0.3, 0.4) is 0 Å². The second-order valence-electron chi connectivity index (χ2n) is 5.63. The maximum atomic E-state index is 11.5. The topological polar surface area (TPSA) is 83.0 Å². The number of nitrogens with two attached hydrogens (primary N) is 1. The van der Waals surface area contributed by atoms with Crippen molar-refractivity contribution in [2.45, 2.75) is 17.3 Å². The Hall–Kier alpha value is -2.22. The molecule has 1 atom stereocenters. The second-order valence-corrected chi connectivity index (χ2v) is 7.81. The number of aromatic nitrogens is 3. The zero-order valence-corrected chi connectivity index (χ0v) is 16.8. The van der Waals surface area contributed by atoms with Gasteiger partial charge in [-0.2, -0.15) is 0 Å². The van der Waals surface area contributed by atoms with Gasteiger partial charge in [-0.1, -0.05) is 47.1 Å². The minimum atomic E-state index is -0.495. The van der Waals surface area contributed by atoms with Crippen LogP contribution in [0.25, 0.3) is 17.1 Å². The summed E-state index contributed by atoms with van der Waals surface area (Å²) >= 11 is 13.6. The number of nitrogens with zero attached hydrogens (tertiary/aromatic N) is 3. The first-order valence-corrected chi connectivity index (χ1v) is 9.55. The van der Waals surface area contributed by atoms with Crippen molar-refractivity contribution in [1.29, 1.82) is 0 Å². The highest BCUT2D eigenvalue weighted by Gasteiger charge is 2.22. The number of amides is 1. The first-order chi connectivity index (χ1) is 12.9. The first kappa shape index (κ1) is 19.5. The molecule has 0 bridgehead atoms. The van der Waals surface area contributed by atoms with E-state index in [4.69, 9.17) is 33.7 Å². The van der Waals surface area contributed by atoms with Crippen molar-refractivity contribution in [2.24, 2.45) is 5.73 Å². The summed E-state index contributed by atoms with van der Waals surface area (Å²) in [6, 6.07) is 12.5. The summed E-state index contributed by atoms with van der Waals surface area (Å²) in [5.74, 6) is 0.671. The molecule has 0 aliphatic carbocycles.